The molecule has 0 spiro atoms. The van der Waals surface area contributed by atoms with Gasteiger partial charge >= 0.3 is 0 Å². The molecule has 0 aliphatic rings. The van der Waals surface area contributed by atoms with Crippen LogP contribution in [0.15, 0.2) is 46.9 Å². The second kappa shape index (κ2) is 6.02. The predicted molar refractivity (Wildman–Crippen MR) is 79.9 cm³/mol. The molecule has 0 aliphatic heterocycles. The summed E-state index contributed by atoms with van der Waals surface area (Å²) < 4.78 is 6.12. The van der Waals surface area contributed by atoms with E-state index in [9.17, 15) is 4.79 Å². The molecule has 0 unspecified atom stereocenters. The maximum Gasteiger partial charge on any atom is 0.170 e. The molecule has 2 aromatic carbocycles. The van der Waals surface area contributed by atoms with E-state index >= 15 is 0 Å². The minimum Gasteiger partial charge on any atom is -0.496 e. The van der Waals surface area contributed by atoms with Gasteiger partial charge in [-0.25, -0.2) is 0 Å². The van der Waals surface area contributed by atoms with Crippen LogP contribution in [0.5, 0.6) is 5.75 Å². The second-order valence-electron chi connectivity index (χ2n) is 4.43. The lowest BCUT2D eigenvalue weighted by atomic mass is 10.0. The van der Waals surface area contributed by atoms with Crippen molar-refractivity contribution in [2.45, 2.75) is 13.3 Å². The van der Waals surface area contributed by atoms with E-state index in [1.807, 2.05) is 37.3 Å². The molecular formula is C16H15BrO2. The first kappa shape index (κ1) is 13.8. The zero-order valence-electron chi connectivity index (χ0n) is 10.9. The Kier molecular flexibility index (Phi) is 4.38. The molecule has 19 heavy (non-hydrogen) atoms. The number of benzene rings is 2. The molecule has 2 aromatic rings. The Morgan fingerprint density at radius 3 is 2.68 bits per heavy atom. The molecule has 0 saturated carbocycles. The number of carbonyl (C=O) groups excluding carboxylic acids is 1. The van der Waals surface area contributed by atoms with Crippen LogP contribution in [0.1, 0.15) is 21.5 Å². The van der Waals surface area contributed by atoms with E-state index in [0.717, 1.165) is 15.6 Å². The third-order valence-electron chi connectivity index (χ3n) is 2.91. The first-order valence-corrected chi connectivity index (χ1v) is 6.81. The third kappa shape index (κ3) is 3.44. The number of hydrogen-bond acceptors (Lipinski definition) is 2. The van der Waals surface area contributed by atoms with Crippen molar-refractivity contribution in [1.82, 2.24) is 0 Å². The second-order valence-corrected chi connectivity index (χ2v) is 5.35. The molecule has 0 saturated heterocycles. The SMILES string of the molecule is COc1ccc(Br)cc1C(=O)Cc1cccc(C)c1. The summed E-state index contributed by atoms with van der Waals surface area (Å²) in [6.45, 7) is 2.02. The number of Topliss-reactive ketones (excluding diaryl/α,β-unsaturated/α-hetero) is 1. The number of rotatable bonds is 4. The third-order valence-corrected chi connectivity index (χ3v) is 3.40. The first-order chi connectivity index (χ1) is 9.10. The maximum absolute atomic E-state index is 12.4. The summed E-state index contributed by atoms with van der Waals surface area (Å²) in [5, 5.41) is 0. The van der Waals surface area contributed by atoms with Crippen molar-refractivity contribution in [1.29, 1.82) is 0 Å². The fraction of sp³-hybridized carbons (Fsp3) is 0.188. The Bertz CT molecular complexity index is 605. The highest BCUT2D eigenvalue weighted by Gasteiger charge is 2.13. The summed E-state index contributed by atoms with van der Waals surface area (Å²) in [5.74, 6) is 0.671. The van der Waals surface area contributed by atoms with Crippen LogP contribution in [0.4, 0.5) is 0 Å². The van der Waals surface area contributed by atoms with Gasteiger partial charge in [0.25, 0.3) is 0 Å². The van der Waals surface area contributed by atoms with Gasteiger partial charge < -0.3 is 4.74 Å². The number of halogens is 1. The minimum atomic E-state index is 0.0590. The molecule has 0 bridgehead atoms. The van der Waals surface area contributed by atoms with Crippen molar-refractivity contribution >= 4 is 21.7 Å². The molecule has 0 aromatic heterocycles. The van der Waals surface area contributed by atoms with Crippen molar-refractivity contribution in [3.63, 3.8) is 0 Å². The highest BCUT2D eigenvalue weighted by atomic mass is 79.9. The number of ether oxygens (including phenoxy) is 1. The lowest BCUT2D eigenvalue weighted by molar-refractivity contribution is 0.0990. The Balaban J connectivity index is 2.27. The van der Waals surface area contributed by atoms with Crippen LogP contribution in [0, 0.1) is 6.92 Å². The fourth-order valence-electron chi connectivity index (χ4n) is 2.00. The summed E-state index contributed by atoms with van der Waals surface area (Å²) in [4.78, 5) is 12.4. The Hall–Kier alpha value is -1.61. The van der Waals surface area contributed by atoms with Crippen molar-refractivity contribution in [3.05, 3.63) is 63.6 Å². The molecule has 98 valence electrons. The summed E-state index contributed by atoms with van der Waals surface area (Å²) in [7, 11) is 1.58. The number of carbonyl (C=O) groups is 1. The number of aryl methyl sites for hydroxylation is 1. The van der Waals surface area contributed by atoms with Gasteiger partial charge in [0.2, 0.25) is 0 Å². The lowest BCUT2D eigenvalue weighted by Crippen LogP contribution is -2.06. The lowest BCUT2D eigenvalue weighted by Gasteiger charge is -2.08. The largest absolute Gasteiger partial charge is 0.496 e. The van der Waals surface area contributed by atoms with Crippen molar-refractivity contribution in [2.75, 3.05) is 7.11 Å². The fourth-order valence-corrected chi connectivity index (χ4v) is 2.36. The van der Waals surface area contributed by atoms with Crippen LogP contribution in [0.25, 0.3) is 0 Å². The van der Waals surface area contributed by atoms with Gasteiger partial charge in [-0.1, -0.05) is 45.8 Å². The van der Waals surface area contributed by atoms with Crippen LogP contribution < -0.4 is 4.74 Å². The topological polar surface area (TPSA) is 26.3 Å². The van der Waals surface area contributed by atoms with Gasteiger partial charge in [0.1, 0.15) is 5.75 Å². The van der Waals surface area contributed by atoms with Crippen LogP contribution in [0.3, 0.4) is 0 Å². The van der Waals surface area contributed by atoms with E-state index in [2.05, 4.69) is 15.9 Å². The van der Waals surface area contributed by atoms with Crippen LogP contribution >= 0.6 is 15.9 Å². The van der Waals surface area contributed by atoms with Crippen molar-refractivity contribution in [3.8, 4) is 5.75 Å². The molecule has 2 nitrogen and oxygen atoms in total. The van der Waals surface area contributed by atoms with E-state index < -0.39 is 0 Å². The molecule has 0 heterocycles. The molecule has 3 heteroatoms. The van der Waals surface area contributed by atoms with Gasteiger partial charge in [-0.2, -0.15) is 0 Å². The summed E-state index contributed by atoms with van der Waals surface area (Å²) in [6, 6.07) is 13.5. The van der Waals surface area contributed by atoms with Crippen molar-refractivity contribution < 1.29 is 9.53 Å². The Labute approximate surface area is 121 Å². The van der Waals surface area contributed by atoms with E-state index in [1.165, 1.54) is 0 Å². The molecule has 0 atom stereocenters. The van der Waals surface area contributed by atoms with E-state index in [0.29, 0.717) is 17.7 Å². The number of ketones is 1. The quantitative estimate of drug-likeness (QED) is 0.790. The van der Waals surface area contributed by atoms with Gasteiger partial charge in [0.15, 0.2) is 5.78 Å². The zero-order valence-corrected chi connectivity index (χ0v) is 12.5. The average molecular weight is 319 g/mol. The standard InChI is InChI=1S/C16H15BrO2/c1-11-4-3-5-12(8-11)9-15(18)14-10-13(17)6-7-16(14)19-2/h3-8,10H,9H2,1-2H3. The monoisotopic (exact) mass is 318 g/mol. The van der Waals surface area contributed by atoms with Gasteiger partial charge in [-0.05, 0) is 30.7 Å². The minimum absolute atomic E-state index is 0.0590. The smallest absolute Gasteiger partial charge is 0.170 e. The molecule has 2 rings (SSSR count). The molecule has 0 radical (unpaired) electrons. The Morgan fingerprint density at radius 1 is 1.21 bits per heavy atom. The van der Waals surface area contributed by atoms with E-state index in [1.54, 1.807) is 19.2 Å². The molecular weight excluding hydrogens is 304 g/mol. The summed E-state index contributed by atoms with van der Waals surface area (Å²) in [5.41, 5.74) is 2.79. The Morgan fingerprint density at radius 2 is 2.00 bits per heavy atom. The van der Waals surface area contributed by atoms with E-state index in [4.69, 9.17) is 4.74 Å². The van der Waals surface area contributed by atoms with Gasteiger partial charge in [0.05, 0.1) is 12.7 Å². The predicted octanol–water partition coefficient (Wildman–Crippen LogP) is 4.19. The summed E-state index contributed by atoms with van der Waals surface area (Å²) >= 11 is 3.38. The van der Waals surface area contributed by atoms with Gasteiger partial charge in [-0.15, -0.1) is 0 Å². The number of methoxy groups -OCH3 is 1. The van der Waals surface area contributed by atoms with Gasteiger partial charge in [0, 0.05) is 10.9 Å². The highest BCUT2D eigenvalue weighted by molar-refractivity contribution is 9.10. The first-order valence-electron chi connectivity index (χ1n) is 6.02. The van der Waals surface area contributed by atoms with Crippen LogP contribution in [-0.4, -0.2) is 12.9 Å². The molecule has 0 aliphatic carbocycles. The molecule has 0 amide bonds. The zero-order chi connectivity index (χ0) is 13.8. The average Bonchev–Trinajstić information content (AvgIpc) is 2.38. The van der Waals surface area contributed by atoms with Crippen LogP contribution in [0.2, 0.25) is 0 Å². The van der Waals surface area contributed by atoms with Crippen molar-refractivity contribution in [2.24, 2.45) is 0 Å². The van der Waals surface area contributed by atoms with E-state index in [-0.39, 0.29) is 5.78 Å². The highest BCUT2D eigenvalue weighted by Crippen LogP contribution is 2.24. The van der Waals surface area contributed by atoms with Gasteiger partial charge in [-0.3, -0.25) is 4.79 Å². The number of hydrogen-bond donors (Lipinski definition) is 0. The molecule has 0 N–H and O–H groups in total. The maximum atomic E-state index is 12.4. The normalized spacial score (nSPS) is 10.3. The summed E-state index contributed by atoms with van der Waals surface area (Å²) in [6.07, 6.45) is 0.383. The molecule has 0 fully saturated rings. The van der Waals surface area contributed by atoms with Crippen LogP contribution in [-0.2, 0) is 6.42 Å².